The number of allylic oxidation sites excluding steroid dienone is 8. The minimum Gasteiger partial charge on any atom is -0.462 e. The number of esters is 3. The maximum atomic E-state index is 12.7. The lowest BCUT2D eigenvalue weighted by Gasteiger charge is -2.18. The number of unbranched alkanes of at least 4 members (excludes halogenated alkanes) is 21. The van der Waals surface area contributed by atoms with E-state index < -0.39 is 6.10 Å². The number of carbonyl (C=O) groups is 3. The lowest BCUT2D eigenvalue weighted by atomic mass is 10.0. The van der Waals surface area contributed by atoms with E-state index in [2.05, 4.69) is 69.4 Å². The Hall–Kier alpha value is -2.63. The molecule has 0 heterocycles. The van der Waals surface area contributed by atoms with Gasteiger partial charge in [-0.05, 0) is 64.2 Å². The first-order valence-electron chi connectivity index (χ1n) is 22.6. The van der Waals surface area contributed by atoms with Crippen molar-refractivity contribution in [2.24, 2.45) is 0 Å². The van der Waals surface area contributed by atoms with Crippen LogP contribution < -0.4 is 0 Å². The van der Waals surface area contributed by atoms with Crippen LogP contribution in [-0.4, -0.2) is 37.2 Å². The van der Waals surface area contributed by atoms with E-state index >= 15 is 0 Å². The predicted octanol–water partition coefficient (Wildman–Crippen LogP) is 14.4. The smallest absolute Gasteiger partial charge is 0.306 e. The summed E-state index contributed by atoms with van der Waals surface area (Å²) < 4.78 is 16.6. The van der Waals surface area contributed by atoms with Crippen LogP contribution >= 0.6 is 0 Å². The van der Waals surface area contributed by atoms with Gasteiger partial charge >= 0.3 is 17.9 Å². The van der Waals surface area contributed by atoms with Crippen LogP contribution in [0.5, 0.6) is 0 Å². The van der Waals surface area contributed by atoms with Gasteiger partial charge in [-0.15, -0.1) is 0 Å². The van der Waals surface area contributed by atoms with Crippen molar-refractivity contribution in [2.75, 3.05) is 13.2 Å². The second kappa shape index (κ2) is 43.1. The summed E-state index contributed by atoms with van der Waals surface area (Å²) in [6.45, 7) is 6.41. The van der Waals surface area contributed by atoms with E-state index in [1.165, 1.54) is 89.9 Å². The lowest BCUT2D eigenvalue weighted by Crippen LogP contribution is -2.30. The summed E-state index contributed by atoms with van der Waals surface area (Å²) in [5, 5.41) is 0. The molecular formula is C48H84O6. The molecule has 0 aromatic rings. The second-order valence-electron chi connectivity index (χ2n) is 14.9. The van der Waals surface area contributed by atoms with E-state index in [-0.39, 0.29) is 37.5 Å². The zero-order valence-corrected chi connectivity index (χ0v) is 35.5. The third-order valence-electron chi connectivity index (χ3n) is 9.57. The normalized spacial score (nSPS) is 12.4. The highest BCUT2D eigenvalue weighted by Crippen LogP contribution is 2.14. The Morgan fingerprint density at radius 1 is 0.389 bits per heavy atom. The SMILES string of the molecule is CC/C=C\C/C=C\C/C=C\CCCC(=O)OC(COC(=O)CCCCCC/C=C\CCCC)COC(=O)CCCCCCCCCCCCCCCCC. The molecule has 0 saturated heterocycles. The Balaban J connectivity index is 4.39. The number of carbonyl (C=O) groups excluding carboxylic acids is 3. The van der Waals surface area contributed by atoms with Gasteiger partial charge in [-0.1, -0.05) is 185 Å². The molecule has 0 amide bonds. The van der Waals surface area contributed by atoms with Gasteiger partial charge in [0.15, 0.2) is 6.10 Å². The molecule has 0 radical (unpaired) electrons. The molecule has 0 aliphatic heterocycles. The third kappa shape index (κ3) is 40.6. The largest absolute Gasteiger partial charge is 0.462 e. The van der Waals surface area contributed by atoms with Gasteiger partial charge in [0.2, 0.25) is 0 Å². The average Bonchev–Trinajstić information content (AvgIpc) is 3.17. The average molecular weight is 757 g/mol. The minimum atomic E-state index is -0.798. The number of hydrogen-bond donors (Lipinski definition) is 0. The summed E-state index contributed by atoms with van der Waals surface area (Å²) in [5.41, 5.74) is 0. The molecule has 0 saturated carbocycles. The van der Waals surface area contributed by atoms with Gasteiger partial charge in [0.1, 0.15) is 13.2 Å². The highest BCUT2D eigenvalue weighted by molar-refractivity contribution is 5.71. The van der Waals surface area contributed by atoms with Gasteiger partial charge in [-0.25, -0.2) is 0 Å². The predicted molar refractivity (Wildman–Crippen MR) is 229 cm³/mol. The van der Waals surface area contributed by atoms with E-state index in [9.17, 15) is 14.4 Å². The minimum absolute atomic E-state index is 0.0952. The summed E-state index contributed by atoms with van der Waals surface area (Å²) in [6, 6.07) is 0. The van der Waals surface area contributed by atoms with Gasteiger partial charge in [0.05, 0.1) is 0 Å². The first kappa shape index (κ1) is 51.4. The van der Waals surface area contributed by atoms with Crippen molar-refractivity contribution >= 4 is 17.9 Å². The van der Waals surface area contributed by atoms with Crippen molar-refractivity contribution in [3.63, 3.8) is 0 Å². The molecule has 0 aliphatic carbocycles. The topological polar surface area (TPSA) is 78.9 Å². The van der Waals surface area contributed by atoms with Crippen molar-refractivity contribution in [3.05, 3.63) is 48.6 Å². The number of ether oxygens (including phenoxy) is 3. The summed E-state index contributed by atoms with van der Waals surface area (Å²) in [4.78, 5) is 37.6. The Bertz CT molecular complexity index is 964. The van der Waals surface area contributed by atoms with E-state index in [0.29, 0.717) is 19.3 Å². The van der Waals surface area contributed by atoms with Gasteiger partial charge in [0, 0.05) is 19.3 Å². The fourth-order valence-corrected chi connectivity index (χ4v) is 6.15. The van der Waals surface area contributed by atoms with Crippen molar-refractivity contribution in [1.29, 1.82) is 0 Å². The summed E-state index contributed by atoms with van der Waals surface area (Å²) in [5.74, 6) is -0.965. The Morgan fingerprint density at radius 2 is 0.759 bits per heavy atom. The van der Waals surface area contributed by atoms with Crippen LogP contribution in [0.2, 0.25) is 0 Å². The maximum Gasteiger partial charge on any atom is 0.306 e. The van der Waals surface area contributed by atoms with Gasteiger partial charge in [-0.2, -0.15) is 0 Å². The van der Waals surface area contributed by atoms with E-state index in [0.717, 1.165) is 83.5 Å². The van der Waals surface area contributed by atoms with E-state index in [1.807, 2.05) is 0 Å². The third-order valence-corrected chi connectivity index (χ3v) is 9.57. The molecule has 0 N–H and O–H groups in total. The van der Waals surface area contributed by atoms with Crippen LogP contribution in [0.3, 0.4) is 0 Å². The van der Waals surface area contributed by atoms with E-state index in [4.69, 9.17) is 14.2 Å². The van der Waals surface area contributed by atoms with Crippen molar-refractivity contribution in [3.8, 4) is 0 Å². The van der Waals surface area contributed by atoms with Crippen LogP contribution in [-0.2, 0) is 28.6 Å². The first-order chi connectivity index (χ1) is 26.5. The van der Waals surface area contributed by atoms with Gasteiger partial charge in [-0.3, -0.25) is 14.4 Å². The molecule has 0 spiro atoms. The molecule has 312 valence electrons. The van der Waals surface area contributed by atoms with Crippen molar-refractivity contribution in [2.45, 2.75) is 226 Å². The molecule has 54 heavy (non-hydrogen) atoms. The van der Waals surface area contributed by atoms with Crippen LogP contribution in [0, 0.1) is 0 Å². The summed E-state index contributed by atoms with van der Waals surface area (Å²) in [7, 11) is 0. The molecule has 6 heteroatoms. The zero-order chi connectivity index (χ0) is 39.4. The monoisotopic (exact) mass is 757 g/mol. The molecule has 0 aromatic heterocycles. The molecule has 6 nitrogen and oxygen atoms in total. The molecule has 0 aromatic carbocycles. The number of rotatable bonds is 40. The Labute approximate surface area is 333 Å². The van der Waals surface area contributed by atoms with Gasteiger partial charge in [0.25, 0.3) is 0 Å². The van der Waals surface area contributed by atoms with E-state index in [1.54, 1.807) is 0 Å². The molecule has 0 bridgehead atoms. The maximum absolute atomic E-state index is 12.7. The van der Waals surface area contributed by atoms with Crippen LogP contribution in [0.15, 0.2) is 48.6 Å². The fourth-order valence-electron chi connectivity index (χ4n) is 6.15. The summed E-state index contributed by atoms with van der Waals surface area (Å²) in [6.07, 6.45) is 49.6. The highest BCUT2D eigenvalue weighted by atomic mass is 16.6. The van der Waals surface area contributed by atoms with Crippen LogP contribution in [0.1, 0.15) is 220 Å². The Morgan fingerprint density at radius 3 is 1.26 bits per heavy atom. The van der Waals surface area contributed by atoms with Crippen molar-refractivity contribution < 1.29 is 28.6 Å². The molecule has 0 rings (SSSR count). The number of hydrogen-bond acceptors (Lipinski definition) is 6. The molecule has 0 fully saturated rings. The molecule has 1 unspecified atom stereocenters. The van der Waals surface area contributed by atoms with Crippen LogP contribution in [0.4, 0.5) is 0 Å². The van der Waals surface area contributed by atoms with Crippen molar-refractivity contribution in [1.82, 2.24) is 0 Å². The quantitative estimate of drug-likeness (QED) is 0.0268. The van der Waals surface area contributed by atoms with Crippen LogP contribution in [0.25, 0.3) is 0 Å². The Kier molecular flexibility index (Phi) is 41.0. The summed E-state index contributed by atoms with van der Waals surface area (Å²) >= 11 is 0. The standard InChI is InChI=1S/C48H84O6/c1-4-7-10-13-16-19-22-23-24-25-27-29-32-35-38-41-47(50)53-44-45(43-52-46(49)40-37-34-31-28-21-18-15-12-9-6-3)54-48(51)42-39-36-33-30-26-20-17-14-11-8-5-2/h8,11,15,17-18,20,30,33,45H,4-7,9-10,12-14,16,19,21-29,31-32,34-44H2,1-3H3/b11-8-,18-15-,20-17-,33-30-. The molecule has 0 aliphatic rings. The second-order valence-corrected chi connectivity index (χ2v) is 14.9. The van der Waals surface area contributed by atoms with Gasteiger partial charge < -0.3 is 14.2 Å². The lowest BCUT2D eigenvalue weighted by molar-refractivity contribution is -0.167. The first-order valence-corrected chi connectivity index (χ1v) is 22.6. The fraction of sp³-hybridized carbons (Fsp3) is 0.771. The molecular weight excluding hydrogens is 673 g/mol. The zero-order valence-electron chi connectivity index (χ0n) is 35.5. The highest BCUT2D eigenvalue weighted by Gasteiger charge is 2.19. The molecule has 1 atom stereocenters.